The number of nitrogens with zero attached hydrogens (tertiary/aromatic N) is 2. The van der Waals surface area contributed by atoms with Gasteiger partial charge in [0.1, 0.15) is 18.3 Å². The highest BCUT2D eigenvalue weighted by Crippen LogP contribution is 2.33. The zero-order chi connectivity index (χ0) is 30.2. The summed E-state index contributed by atoms with van der Waals surface area (Å²) >= 11 is 0. The van der Waals surface area contributed by atoms with Crippen molar-refractivity contribution in [1.29, 1.82) is 0 Å². The van der Waals surface area contributed by atoms with Gasteiger partial charge in [-0.3, -0.25) is 13.9 Å². The Kier molecular flexibility index (Phi) is 10.9. The van der Waals surface area contributed by atoms with Crippen molar-refractivity contribution in [2.24, 2.45) is 5.92 Å². The predicted octanol–water partition coefficient (Wildman–Crippen LogP) is 5.09. The maximum atomic E-state index is 14.2. The summed E-state index contributed by atoms with van der Waals surface area (Å²) in [5.74, 6) is -0.221. The molecular formula is C32H41N3O5S. The lowest BCUT2D eigenvalue weighted by Crippen LogP contribution is -2.52. The van der Waals surface area contributed by atoms with Gasteiger partial charge in [-0.15, -0.1) is 0 Å². The van der Waals surface area contributed by atoms with E-state index in [-0.39, 0.29) is 29.0 Å². The Morgan fingerprint density at radius 2 is 1.61 bits per heavy atom. The third kappa shape index (κ3) is 8.10. The number of rotatable bonds is 13. The minimum atomic E-state index is -4.18. The van der Waals surface area contributed by atoms with Crippen molar-refractivity contribution < 1.29 is 22.7 Å². The third-order valence-corrected chi connectivity index (χ3v) is 8.49. The van der Waals surface area contributed by atoms with Crippen LogP contribution in [0, 0.1) is 19.8 Å². The van der Waals surface area contributed by atoms with E-state index in [4.69, 9.17) is 4.74 Å². The summed E-state index contributed by atoms with van der Waals surface area (Å²) in [6, 6.07) is 20.1. The van der Waals surface area contributed by atoms with E-state index in [0.29, 0.717) is 18.7 Å². The number of ether oxygens (including phenoxy) is 1. The summed E-state index contributed by atoms with van der Waals surface area (Å²) in [6.07, 6.45) is 0.362. The van der Waals surface area contributed by atoms with Crippen LogP contribution in [0.1, 0.15) is 43.9 Å². The number of methoxy groups -OCH3 is 1. The van der Waals surface area contributed by atoms with E-state index in [2.05, 4.69) is 5.32 Å². The normalized spacial score (nSPS) is 12.1. The molecule has 0 aliphatic heterocycles. The average Bonchev–Trinajstić information content (AvgIpc) is 2.95. The summed E-state index contributed by atoms with van der Waals surface area (Å²) in [6.45, 7) is 9.75. The van der Waals surface area contributed by atoms with Gasteiger partial charge in [-0.1, -0.05) is 74.9 Å². The van der Waals surface area contributed by atoms with E-state index >= 15 is 0 Å². The smallest absolute Gasteiger partial charge is 0.264 e. The van der Waals surface area contributed by atoms with Gasteiger partial charge in [-0.2, -0.15) is 0 Å². The lowest BCUT2D eigenvalue weighted by molar-refractivity contribution is -0.140. The average molecular weight is 580 g/mol. The highest BCUT2D eigenvalue weighted by molar-refractivity contribution is 7.92. The molecule has 3 aromatic rings. The summed E-state index contributed by atoms with van der Waals surface area (Å²) in [5.41, 5.74) is 2.92. The topological polar surface area (TPSA) is 96.0 Å². The van der Waals surface area contributed by atoms with Crippen LogP contribution in [0.15, 0.2) is 77.7 Å². The van der Waals surface area contributed by atoms with Gasteiger partial charge in [0.2, 0.25) is 11.8 Å². The molecule has 0 aliphatic rings. The SMILES string of the molecule is CC[C@@H](C(=O)NCC(C)C)N(Cc1cccc(C)c1)C(=O)CN(c1cc(C)ccc1OC)S(=O)(=O)c1ccccc1. The second-order valence-electron chi connectivity index (χ2n) is 10.6. The second-order valence-corrected chi connectivity index (χ2v) is 12.4. The fourth-order valence-electron chi connectivity index (χ4n) is 4.58. The first kappa shape index (κ1) is 31.7. The monoisotopic (exact) mass is 579 g/mol. The highest BCUT2D eigenvalue weighted by Gasteiger charge is 2.34. The van der Waals surface area contributed by atoms with Gasteiger partial charge >= 0.3 is 0 Å². The molecule has 0 heterocycles. The summed E-state index contributed by atoms with van der Waals surface area (Å²) in [5, 5.41) is 2.95. The fourth-order valence-corrected chi connectivity index (χ4v) is 6.01. The van der Waals surface area contributed by atoms with Crippen LogP contribution in [0.2, 0.25) is 0 Å². The number of carbonyl (C=O) groups excluding carboxylic acids is 2. The summed E-state index contributed by atoms with van der Waals surface area (Å²) in [4.78, 5) is 29.1. The van der Waals surface area contributed by atoms with Crippen LogP contribution in [0.5, 0.6) is 5.75 Å². The zero-order valence-corrected chi connectivity index (χ0v) is 25.6. The van der Waals surface area contributed by atoms with Crippen molar-refractivity contribution in [3.8, 4) is 5.75 Å². The van der Waals surface area contributed by atoms with E-state index in [1.54, 1.807) is 30.3 Å². The standard InChI is InChI=1S/C32H41N3O5S/c1-7-28(32(37)33-20-23(2)3)34(21-26-13-11-12-24(4)18-26)31(36)22-35(29-19-25(5)16-17-30(29)40-6)41(38,39)27-14-9-8-10-15-27/h8-19,23,28H,7,20-22H2,1-6H3,(H,33,37)/t28-/m0/s1. The van der Waals surface area contributed by atoms with E-state index in [1.807, 2.05) is 65.0 Å². The number of anilines is 1. The molecule has 0 unspecified atom stereocenters. The maximum Gasteiger partial charge on any atom is 0.264 e. The number of aryl methyl sites for hydroxylation is 2. The Morgan fingerprint density at radius 3 is 2.22 bits per heavy atom. The van der Waals surface area contributed by atoms with Crippen LogP contribution >= 0.6 is 0 Å². The Labute approximate surface area is 244 Å². The fraction of sp³-hybridized carbons (Fsp3) is 0.375. The molecule has 2 amide bonds. The Hall–Kier alpha value is -3.85. The molecule has 9 heteroatoms. The van der Waals surface area contributed by atoms with Crippen LogP contribution in [-0.4, -0.2) is 51.4 Å². The van der Waals surface area contributed by atoms with Crippen molar-refractivity contribution in [3.05, 3.63) is 89.5 Å². The van der Waals surface area contributed by atoms with Gasteiger partial charge in [-0.05, 0) is 61.6 Å². The van der Waals surface area contributed by atoms with Crippen molar-refractivity contribution in [1.82, 2.24) is 10.2 Å². The first-order chi connectivity index (χ1) is 19.5. The van der Waals surface area contributed by atoms with Crippen LogP contribution in [0.4, 0.5) is 5.69 Å². The molecule has 8 nitrogen and oxygen atoms in total. The number of sulfonamides is 1. The number of hydrogen-bond acceptors (Lipinski definition) is 5. The Bertz CT molecular complexity index is 1440. The summed E-state index contributed by atoms with van der Waals surface area (Å²) in [7, 11) is -2.72. The Morgan fingerprint density at radius 1 is 0.927 bits per heavy atom. The van der Waals surface area contributed by atoms with E-state index in [1.165, 1.54) is 24.1 Å². The molecule has 1 N–H and O–H groups in total. The summed E-state index contributed by atoms with van der Waals surface area (Å²) < 4.78 is 34.7. The van der Waals surface area contributed by atoms with Crippen LogP contribution < -0.4 is 14.4 Å². The van der Waals surface area contributed by atoms with E-state index in [9.17, 15) is 18.0 Å². The third-order valence-electron chi connectivity index (χ3n) is 6.72. The van der Waals surface area contributed by atoms with Crippen LogP contribution in [0.25, 0.3) is 0 Å². The lowest BCUT2D eigenvalue weighted by atomic mass is 10.1. The predicted molar refractivity (Wildman–Crippen MR) is 162 cm³/mol. The van der Waals surface area contributed by atoms with Crippen molar-refractivity contribution in [3.63, 3.8) is 0 Å². The van der Waals surface area contributed by atoms with Crippen LogP contribution in [-0.2, 0) is 26.2 Å². The molecule has 220 valence electrons. The van der Waals surface area contributed by atoms with Gasteiger partial charge < -0.3 is 15.0 Å². The molecule has 41 heavy (non-hydrogen) atoms. The molecule has 0 fully saturated rings. The molecule has 0 spiro atoms. The number of nitrogens with one attached hydrogen (secondary N) is 1. The molecule has 0 saturated heterocycles. The van der Waals surface area contributed by atoms with Gasteiger partial charge in [0.05, 0.1) is 17.7 Å². The highest BCUT2D eigenvalue weighted by atomic mass is 32.2. The second kappa shape index (κ2) is 14.2. The first-order valence-corrected chi connectivity index (χ1v) is 15.3. The number of benzene rings is 3. The van der Waals surface area contributed by atoms with E-state index in [0.717, 1.165) is 21.0 Å². The van der Waals surface area contributed by atoms with Gasteiger partial charge in [0.25, 0.3) is 10.0 Å². The molecule has 0 bridgehead atoms. The minimum absolute atomic E-state index is 0.0447. The van der Waals surface area contributed by atoms with Crippen LogP contribution in [0.3, 0.4) is 0 Å². The molecule has 1 atom stereocenters. The minimum Gasteiger partial charge on any atom is -0.495 e. The van der Waals surface area contributed by atoms with Crippen molar-refractivity contribution in [2.75, 3.05) is 24.5 Å². The van der Waals surface area contributed by atoms with Gasteiger partial charge in [0, 0.05) is 13.1 Å². The molecule has 0 aromatic heterocycles. The number of amides is 2. The van der Waals surface area contributed by atoms with Gasteiger partial charge in [-0.25, -0.2) is 8.42 Å². The first-order valence-electron chi connectivity index (χ1n) is 13.8. The zero-order valence-electron chi connectivity index (χ0n) is 24.8. The van der Waals surface area contributed by atoms with Gasteiger partial charge in [0.15, 0.2) is 0 Å². The molecule has 0 aliphatic carbocycles. The number of carbonyl (C=O) groups is 2. The lowest BCUT2D eigenvalue weighted by Gasteiger charge is -2.33. The largest absolute Gasteiger partial charge is 0.495 e. The van der Waals surface area contributed by atoms with Crippen molar-refractivity contribution in [2.45, 2.75) is 58.5 Å². The molecular weight excluding hydrogens is 538 g/mol. The maximum absolute atomic E-state index is 14.2. The molecule has 0 radical (unpaired) electrons. The molecule has 3 aromatic carbocycles. The molecule has 0 saturated carbocycles. The molecule has 3 rings (SSSR count). The quantitative estimate of drug-likeness (QED) is 0.305. The number of hydrogen-bond donors (Lipinski definition) is 1. The Balaban J connectivity index is 2.11. The van der Waals surface area contributed by atoms with Crippen molar-refractivity contribution >= 4 is 27.5 Å². The van der Waals surface area contributed by atoms with E-state index < -0.39 is 28.5 Å².